The average Bonchev–Trinajstić information content (AvgIpc) is 2.96. The maximum Gasteiger partial charge on any atom is 0.211 e. The molecule has 0 saturated heterocycles. The van der Waals surface area contributed by atoms with E-state index in [0.717, 1.165) is 14.2 Å². The van der Waals surface area contributed by atoms with E-state index in [-0.39, 0.29) is 0 Å². The number of para-hydroxylation sites is 1. The first kappa shape index (κ1) is 12.8. The van der Waals surface area contributed by atoms with Crippen LogP contribution in [0.1, 0.15) is 4.88 Å². The second-order valence-corrected chi connectivity index (χ2v) is 6.70. The van der Waals surface area contributed by atoms with Crippen LogP contribution in [0.2, 0.25) is 0 Å². The lowest BCUT2D eigenvalue weighted by Crippen LogP contribution is -2.08. The first-order valence-electron chi connectivity index (χ1n) is 5.60. The topological polar surface area (TPSA) is 29.6 Å². The van der Waals surface area contributed by atoms with E-state index in [1.54, 1.807) is 28.9 Å². The highest BCUT2D eigenvalue weighted by atomic mass is 79.9. The molecule has 0 saturated carbocycles. The molecule has 1 aromatic carbocycles. The van der Waals surface area contributed by atoms with Gasteiger partial charge in [-0.05, 0) is 39.5 Å². The third kappa shape index (κ3) is 2.56. The van der Waals surface area contributed by atoms with Crippen LogP contribution in [0, 0.1) is 0 Å². The fraction of sp³-hybridized carbons (Fsp3) is 0.0769. The number of thiazole rings is 1. The Balaban J connectivity index is 2.00. The molecule has 3 nitrogen and oxygen atoms in total. The molecule has 0 spiro atoms. The average molecular weight is 352 g/mol. The van der Waals surface area contributed by atoms with Crippen LogP contribution in [-0.4, -0.2) is 10.8 Å². The van der Waals surface area contributed by atoms with Gasteiger partial charge >= 0.3 is 0 Å². The molecule has 0 unspecified atom stereocenters. The van der Waals surface area contributed by atoms with Gasteiger partial charge in [0.2, 0.25) is 4.80 Å². The van der Waals surface area contributed by atoms with Gasteiger partial charge in [-0.15, -0.1) is 16.4 Å². The SMILES string of the molecule is Cn1/c(=N/N=C/c2sccc2Br)sc2ccccc21. The molecule has 0 amide bonds. The van der Waals surface area contributed by atoms with Crippen molar-refractivity contribution in [2.75, 3.05) is 0 Å². The van der Waals surface area contributed by atoms with Gasteiger partial charge in [-0.25, -0.2) is 0 Å². The summed E-state index contributed by atoms with van der Waals surface area (Å²) in [4.78, 5) is 1.97. The molecule has 0 aliphatic heterocycles. The van der Waals surface area contributed by atoms with E-state index < -0.39 is 0 Å². The van der Waals surface area contributed by atoms with Crippen LogP contribution in [0.25, 0.3) is 10.2 Å². The molecule has 3 rings (SSSR count). The summed E-state index contributed by atoms with van der Waals surface area (Å²) in [6.45, 7) is 0. The summed E-state index contributed by atoms with van der Waals surface area (Å²) in [6, 6.07) is 10.3. The summed E-state index contributed by atoms with van der Waals surface area (Å²) in [7, 11) is 2.01. The Morgan fingerprint density at radius 3 is 2.84 bits per heavy atom. The predicted molar refractivity (Wildman–Crippen MR) is 86.0 cm³/mol. The van der Waals surface area contributed by atoms with Crippen molar-refractivity contribution < 1.29 is 0 Å². The predicted octanol–water partition coefficient (Wildman–Crippen LogP) is 4.00. The molecule has 0 atom stereocenters. The molecule has 0 radical (unpaired) electrons. The Morgan fingerprint density at radius 2 is 2.11 bits per heavy atom. The number of aryl methyl sites for hydroxylation is 1. The van der Waals surface area contributed by atoms with E-state index in [2.05, 4.69) is 42.8 Å². The Hall–Kier alpha value is -1.24. The highest BCUT2D eigenvalue weighted by molar-refractivity contribution is 9.10. The Kier molecular flexibility index (Phi) is 3.63. The first-order chi connectivity index (χ1) is 9.25. The van der Waals surface area contributed by atoms with Crippen molar-refractivity contribution in [3.05, 3.63) is 49.9 Å². The summed E-state index contributed by atoms with van der Waals surface area (Å²) < 4.78 is 4.33. The summed E-state index contributed by atoms with van der Waals surface area (Å²) in [5.41, 5.74) is 1.18. The van der Waals surface area contributed by atoms with Gasteiger partial charge in [-0.1, -0.05) is 23.5 Å². The maximum atomic E-state index is 4.30. The van der Waals surface area contributed by atoms with E-state index in [9.17, 15) is 0 Å². The zero-order valence-electron chi connectivity index (χ0n) is 10.1. The Bertz CT molecular complexity index is 811. The van der Waals surface area contributed by atoms with E-state index in [1.807, 2.05) is 30.6 Å². The monoisotopic (exact) mass is 351 g/mol. The number of halogens is 1. The highest BCUT2D eigenvalue weighted by Gasteiger charge is 2.00. The van der Waals surface area contributed by atoms with Crippen LogP contribution < -0.4 is 4.80 Å². The van der Waals surface area contributed by atoms with Crippen LogP contribution in [0.5, 0.6) is 0 Å². The Morgan fingerprint density at radius 1 is 1.26 bits per heavy atom. The summed E-state index contributed by atoms with van der Waals surface area (Å²) in [5.74, 6) is 0. The van der Waals surface area contributed by atoms with Gasteiger partial charge in [0.15, 0.2) is 0 Å². The fourth-order valence-corrected chi connectivity index (χ4v) is 4.01. The normalized spacial score (nSPS) is 12.8. The quantitative estimate of drug-likeness (QED) is 0.493. The second-order valence-electron chi connectivity index (χ2n) is 3.89. The maximum absolute atomic E-state index is 4.30. The van der Waals surface area contributed by atoms with Crippen LogP contribution in [0.3, 0.4) is 0 Å². The van der Waals surface area contributed by atoms with Gasteiger partial charge in [-0.3, -0.25) is 0 Å². The van der Waals surface area contributed by atoms with Crippen LogP contribution in [0.4, 0.5) is 0 Å². The lowest BCUT2D eigenvalue weighted by Gasteiger charge is -1.92. The minimum absolute atomic E-state index is 0.894. The van der Waals surface area contributed by atoms with Gasteiger partial charge in [0.05, 0.1) is 21.3 Å². The first-order valence-corrected chi connectivity index (χ1v) is 8.09. The van der Waals surface area contributed by atoms with Gasteiger partial charge in [-0.2, -0.15) is 5.10 Å². The van der Waals surface area contributed by atoms with Gasteiger partial charge < -0.3 is 4.57 Å². The molecule has 2 heterocycles. The molecule has 0 fully saturated rings. The van der Waals surface area contributed by atoms with E-state index >= 15 is 0 Å². The zero-order chi connectivity index (χ0) is 13.2. The van der Waals surface area contributed by atoms with Crippen molar-refractivity contribution in [2.24, 2.45) is 17.3 Å². The standard InChI is InChI=1S/C13H10BrN3S2/c1-17-10-4-2-3-5-11(10)19-13(17)16-15-8-12-9(14)6-7-18-12/h2-8H,1H3/b15-8+,16-13-. The fourth-order valence-electron chi connectivity index (χ4n) is 1.71. The lowest BCUT2D eigenvalue weighted by atomic mass is 10.3. The number of hydrogen-bond acceptors (Lipinski definition) is 4. The van der Waals surface area contributed by atoms with Crippen molar-refractivity contribution in [3.8, 4) is 0 Å². The molecule has 2 aromatic heterocycles. The number of hydrogen-bond donors (Lipinski definition) is 0. The number of benzene rings is 1. The van der Waals surface area contributed by atoms with Crippen molar-refractivity contribution in [3.63, 3.8) is 0 Å². The van der Waals surface area contributed by atoms with Crippen LogP contribution in [0.15, 0.2) is 50.4 Å². The van der Waals surface area contributed by atoms with Gasteiger partial charge in [0, 0.05) is 11.5 Å². The van der Waals surface area contributed by atoms with E-state index in [4.69, 9.17) is 0 Å². The molecule has 0 aliphatic rings. The van der Waals surface area contributed by atoms with Gasteiger partial charge in [0.25, 0.3) is 0 Å². The summed E-state index contributed by atoms with van der Waals surface area (Å²) in [6.07, 6.45) is 1.78. The number of nitrogens with zero attached hydrogens (tertiary/aromatic N) is 3. The molecular weight excluding hydrogens is 342 g/mol. The minimum Gasteiger partial charge on any atom is -0.318 e. The van der Waals surface area contributed by atoms with E-state index in [0.29, 0.717) is 0 Å². The third-order valence-corrected chi connectivity index (χ3v) is 5.59. The highest BCUT2D eigenvalue weighted by Crippen LogP contribution is 2.20. The smallest absolute Gasteiger partial charge is 0.211 e. The van der Waals surface area contributed by atoms with Crippen LogP contribution in [-0.2, 0) is 7.05 Å². The van der Waals surface area contributed by atoms with Crippen molar-refractivity contribution >= 4 is 55.0 Å². The number of fused-ring (bicyclic) bond motifs is 1. The number of aromatic nitrogens is 1. The van der Waals surface area contributed by atoms with Crippen molar-refractivity contribution in [2.45, 2.75) is 0 Å². The second kappa shape index (κ2) is 5.40. The minimum atomic E-state index is 0.894. The summed E-state index contributed by atoms with van der Waals surface area (Å²) >= 11 is 6.74. The molecular formula is C13H10BrN3S2. The van der Waals surface area contributed by atoms with Gasteiger partial charge in [0.1, 0.15) is 0 Å². The van der Waals surface area contributed by atoms with Crippen LogP contribution >= 0.6 is 38.6 Å². The molecule has 6 heteroatoms. The number of rotatable bonds is 2. The van der Waals surface area contributed by atoms with Crippen molar-refractivity contribution in [1.82, 2.24) is 4.57 Å². The molecule has 0 aliphatic carbocycles. The largest absolute Gasteiger partial charge is 0.318 e. The zero-order valence-corrected chi connectivity index (χ0v) is 13.3. The van der Waals surface area contributed by atoms with E-state index in [1.165, 1.54) is 10.2 Å². The molecule has 0 bridgehead atoms. The number of thiophene rings is 1. The third-order valence-electron chi connectivity index (χ3n) is 2.68. The molecule has 96 valence electrons. The Labute approximate surface area is 126 Å². The molecule has 0 N–H and O–H groups in total. The molecule has 3 aromatic rings. The lowest BCUT2D eigenvalue weighted by molar-refractivity contribution is 0.889. The molecule has 19 heavy (non-hydrogen) atoms. The van der Waals surface area contributed by atoms with Crippen molar-refractivity contribution in [1.29, 1.82) is 0 Å². The summed E-state index contributed by atoms with van der Waals surface area (Å²) in [5, 5.41) is 10.5.